The van der Waals surface area contributed by atoms with E-state index in [1.54, 1.807) is 31.2 Å². The van der Waals surface area contributed by atoms with Crippen LogP contribution in [0, 0.1) is 6.92 Å². The van der Waals surface area contributed by atoms with Crippen LogP contribution in [-0.4, -0.2) is 61.3 Å². The molecule has 4 atom stereocenters. The fourth-order valence-electron chi connectivity index (χ4n) is 11.2. The first-order chi connectivity index (χ1) is 37.7. The van der Waals surface area contributed by atoms with Gasteiger partial charge in [0.05, 0.1) is 48.7 Å². The highest BCUT2D eigenvalue weighted by molar-refractivity contribution is 5.66. The Bertz CT molecular complexity index is 3310. The zero-order valence-corrected chi connectivity index (χ0v) is 44.0. The molecule has 0 aromatic heterocycles. The van der Waals surface area contributed by atoms with Gasteiger partial charge in [-0.15, -0.1) is 0 Å². The normalized spacial score (nSPS) is 13.1. The summed E-state index contributed by atoms with van der Waals surface area (Å²) in [5.41, 5.74) is 5.15. The molecule has 8 aromatic carbocycles. The van der Waals surface area contributed by atoms with Gasteiger partial charge in [-0.1, -0.05) is 128 Å². The maximum absolute atomic E-state index is 12.5. The Morgan fingerprint density at radius 3 is 0.808 bits per heavy atom. The molecule has 0 aliphatic rings. The summed E-state index contributed by atoms with van der Waals surface area (Å²) < 4.78 is 0. The summed E-state index contributed by atoms with van der Waals surface area (Å²) in [5.74, 6) is -6.35. The molecule has 0 saturated carbocycles. The smallest absolute Gasteiger partial charge is 0.128 e. The first kappa shape index (κ1) is 56.2. The van der Waals surface area contributed by atoms with Gasteiger partial charge in [0, 0.05) is 51.1 Å². The number of aryl methyl sites for hydroxylation is 5. The summed E-state index contributed by atoms with van der Waals surface area (Å²) >= 11 is 0. The van der Waals surface area contributed by atoms with Crippen molar-refractivity contribution in [1.29, 1.82) is 0 Å². The fourth-order valence-corrected chi connectivity index (χ4v) is 11.2. The third-order valence-electron chi connectivity index (χ3n) is 15.7. The van der Waals surface area contributed by atoms with E-state index in [-0.39, 0.29) is 98.1 Å². The minimum atomic E-state index is -1.03. The van der Waals surface area contributed by atoms with E-state index in [2.05, 4.69) is 0 Å². The second-order valence-electron chi connectivity index (χ2n) is 20.4. The van der Waals surface area contributed by atoms with Crippen LogP contribution in [-0.2, 0) is 52.1 Å². The van der Waals surface area contributed by atoms with Crippen molar-refractivity contribution < 1.29 is 61.3 Å². The van der Waals surface area contributed by atoms with Crippen LogP contribution in [0.3, 0.4) is 0 Å². The molecule has 0 heterocycles. The lowest BCUT2D eigenvalue weighted by Crippen LogP contribution is -2.13. The molecular formula is C66H70O12. The van der Waals surface area contributed by atoms with Gasteiger partial charge in [-0.3, -0.25) is 0 Å². The molecule has 4 unspecified atom stereocenters. The Hall–Kier alpha value is -8.00. The van der Waals surface area contributed by atoms with Crippen LogP contribution in [0.25, 0.3) is 0 Å². The number of benzene rings is 8. The summed E-state index contributed by atoms with van der Waals surface area (Å²) in [7, 11) is 0. The van der Waals surface area contributed by atoms with Crippen LogP contribution in [0.15, 0.2) is 146 Å². The summed E-state index contributed by atoms with van der Waals surface area (Å²) in [6.07, 6.45) is 3.11. The molecule has 8 rings (SSSR count). The Morgan fingerprint density at radius 1 is 0.295 bits per heavy atom. The van der Waals surface area contributed by atoms with Gasteiger partial charge in [0.25, 0.3) is 0 Å². The number of hydrogen-bond acceptors (Lipinski definition) is 12. The molecule has 0 radical (unpaired) electrons. The minimum Gasteiger partial charge on any atom is -0.507 e. The second-order valence-corrected chi connectivity index (χ2v) is 20.4. The molecule has 406 valence electrons. The highest BCUT2D eigenvalue weighted by atomic mass is 16.3. The third-order valence-corrected chi connectivity index (χ3v) is 15.7. The zero-order chi connectivity index (χ0) is 55.6. The number of aliphatic hydroxyl groups is 4. The third kappa shape index (κ3) is 11.9. The topological polar surface area (TPSA) is 243 Å². The van der Waals surface area contributed by atoms with E-state index in [0.29, 0.717) is 43.2 Å². The molecule has 12 N–H and O–H groups in total. The Balaban J connectivity index is 1.37. The van der Waals surface area contributed by atoms with E-state index < -0.39 is 72.9 Å². The van der Waals surface area contributed by atoms with Gasteiger partial charge in [-0.05, 0) is 122 Å². The summed E-state index contributed by atoms with van der Waals surface area (Å²) in [6.45, 7) is 0.484. The molecule has 0 aliphatic carbocycles. The fraction of sp³-hybridized carbons (Fsp3) is 0.273. The zero-order valence-electron chi connectivity index (χ0n) is 44.0. The molecule has 12 nitrogen and oxygen atoms in total. The van der Waals surface area contributed by atoms with Crippen molar-refractivity contribution in [3.8, 4) is 46.0 Å². The maximum atomic E-state index is 12.5. The number of hydrogen-bond donors (Lipinski definition) is 12. The first-order valence-electron chi connectivity index (χ1n) is 26.6. The molecule has 0 fully saturated rings. The van der Waals surface area contributed by atoms with Crippen molar-refractivity contribution in [3.63, 3.8) is 0 Å². The Kier molecular flexibility index (Phi) is 18.3. The summed E-state index contributed by atoms with van der Waals surface area (Å²) in [5, 5.41) is 140. The molecule has 0 spiro atoms. The van der Waals surface area contributed by atoms with Gasteiger partial charge in [0.1, 0.15) is 46.0 Å². The number of aromatic hydroxyl groups is 8. The number of rotatable bonds is 23. The molecule has 8 aromatic rings. The second kappa shape index (κ2) is 25.4. The Labute approximate surface area is 455 Å². The van der Waals surface area contributed by atoms with Crippen LogP contribution in [0.1, 0.15) is 145 Å². The molecule has 78 heavy (non-hydrogen) atoms. The molecule has 0 saturated heterocycles. The van der Waals surface area contributed by atoms with Gasteiger partial charge < -0.3 is 61.3 Å². The quantitative estimate of drug-likeness (QED) is 0.0286. The van der Waals surface area contributed by atoms with E-state index in [9.17, 15) is 61.3 Å². The van der Waals surface area contributed by atoms with Gasteiger partial charge in [0.2, 0.25) is 0 Å². The van der Waals surface area contributed by atoms with E-state index in [1.807, 2.05) is 128 Å². The molecular weight excluding hydrogens is 985 g/mol. The molecule has 0 amide bonds. The average molecular weight is 1060 g/mol. The molecule has 0 aliphatic heterocycles. The van der Waals surface area contributed by atoms with Crippen molar-refractivity contribution in [3.05, 3.63) is 235 Å². The highest BCUT2D eigenvalue weighted by Crippen LogP contribution is 2.53. The molecule has 0 bridgehead atoms. The lowest BCUT2D eigenvalue weighted by Gasteiger charge is -2.30. The van der Waals surface area contributed by atoms with Crippen LogP contribution in [0.2, 0.25) is 0 Å². The largest absolute Gasteiger partial charge is 0.507 e. The molecule has 12 heteroatoms. The van der Waals surface area contributed by atoms with Crippen molar-refractivity contribution in [2.24, 2.45) is 0 Å². The predicted molar refractivity (Wildman–Crippen MR) is 301 cm³/mol. The SMILES string of the molecule is Cc1cc(C(CCc2ccccc2)c2cc(C(CCc3ccccc3)c3cc(C(CCc4ccccc4)c4cc(C(C)CCc5ccccc5)c(O)c(CO)c4O)c(O)c(CO)c3O)c(O)c(CO)c2O)c(O)c(CO)c1O. The van der Waals surface area contributed by atoms with Gasteiger partial charge in [-0.25, -0.2) is 0 Å². The van der Waals surface area contributed by atoms with Crippen molar-refractivity contribution in [2.75, 3.05) is 0 Å². The first-order valence-corrected chi connectivity index (χ1v) is 26.6. The van der Waals surface area contributed by atoms with E-state index in [1.165, 1.54) is 0 Å². The van der Waals surface area contributed by atoms with Crippen molar-refractivity contribution in [1.82, 2.24) is 0 Å². The van der Waals surface area contributed by atoms with Crippen LogP contribution in [0.4, 0.5) is 0 Å². The van der Waals surface area contributed by atoms with E-state index >= 15 is 0 Å². The standard InChI is InChI=1S/C66H70O12/c1-39(23-24-41-15-7-3-8-16-41)48-32-50(62(74)56(36-68)60(48)72)46(29-26-43-19-11-5-12-20-43)52-34-54(66(78)58(38-70)64(52)76)47(30-27-44-21-13-6-14-22-44)53-33-51(63(75)57(37-69)65(53)77)45(28-25-42-17-9-4-10-18-42)49-31-40(2)59(71)55(35-67)61(49)73/h3-22,31-34,39,45-47,67-78H,23-30,35-38H2,1-2H3. The van der Waals surface area contributed by atoms with E-state index in [4.69, 9.17) is 0 Å². The number of phenols is 8. The highest BCUT2D eigenvalue weighted by Gasteiger charge is 2.35. The average Bonchev–Trinajstić information content (AvgIpc) is 3.57. The van der Waals surface area contributed by atoms with Crippen molar-refractivity contribution >= 4 is 0 Å². The van der Waals surface area contributed by atoms with Gasteiger partial charge in [0.15, 0.2) is 0 Å². The van der Waals surface area contributed by atoms with Crippen LogP contribution >= 0.6 is 0 Å². The number of aliphatic hydroxyl groups excluding tert-OH is 4. The predicted octanol–water partition coefficient (Wildman–Crippen LogP) is 11.6. The van der Waals surface area contributed by atoms with Crippen LogP contribution < -0.4 is 0 Å². The monoisotopic (exact) mass is 1050 g/mol. The maximum Gasteiger partial charge on any atom is 0.128 e. The summed E-state index contributed by atoms with van der Waals surface area (Å²) in [6, 6.07) is 45.0. The lowest BCUT2D eigenvalue weighted by atomic mass is 9.76. The van der Waals surface area contributed by atoms with Crippen molar-refractivity contribution in [2.45, 2.75) is 115 Å². The van der Waals surface area contributed by atoms with Gasteiger partial charge >= 0.3 is 0 Å². The lowest BCUT2D eigenvalue weighted by molar-refractivity contribution is 0.266. The van der Waals surface area contributed by atoms with Crippen LogP contribution in [0.5, 0.6) is 46.0 Å². The van der Waals surface area contributed by atoms with E-state index in [0.717, 1.165) is 22.3 Å². The van der Waals surface area contributed by atoms with Gasteiger partial charge in [-0.2, -0.15) is 0 Å². The summed E-state index contributed by atoms with van der Waals surface area (Å²) in [4.78, 5) is 0. The Morgan fingerprint density at radius 2 is 0.526 bits per heavy atom. The minimum absolute atomic E-state index is 0.0961.